The molecule has 1 aliphatic rings. The second-order valence-electron chi connectivity index (χ2n) is 7.98. The third kappa shape index (κ3) is 4.64. The number of halogens is 4. The molecule has 0 radical (unpaired) electrons. The normalized spacial score (nSPS) is 17.8. The average molecular weight is 469 g/mol. The van der Waals surface area contributed by atoms with Crippen LogP contribution in [0.2, 0.25) is 0 Å². The number of H-pyrrole nitrogens is 1. The van der Waals surface area contributed by atoms with Gasteiger partial charge in [-0.05, 0) is 32.0 Å². The molecular weight excluding hydrogens is 446 g/mol. The number of hydrogen-bond donors (Lipinski definition) is 3. The number of benzene rings is 1. The van der Waals surface area contributed by atoms with Crippen LogP contribution in [0.4, 0.5) is 33.7 Å². The van der Waals surface area contributed by atoms with Crippen LogP contribution in [0, 0.1) is 5.82 Å². The van der Waals surface area contributed by atoms with E-state index in [4.69, 9.17) is 0 Å². The van der Waals surface area contributed by atoms with Crippen LogP contribution in [-0.4, -0.2) is 53.8 Å². The molecule has 1 saturated heterocycles. The van der Waals surface area contributed by atoms with Crippen molar-refractivity contribution in [3.05, 3.63) is 57.8 Å². The summed E-state index contributed by atoms with van der Waals surface area (Å²) < 4.78 is 56.4. The fraction of sp³-hybridized carbons (Fsp3) is 0.381. The van der Waals surface area contributed by atoms with Crippen LogP contribution in [0.3, 0.4) is 0 Å². The lowest BCUT2D eigenvalue weighted by Gasteiger charge is -2.50. The van der Waals surface area contributed by atoms with Crippen LogP contribution < -0.4 is 21.1 Å². The number of piperazine rings is 1. The molecule has 0 aliphatic carbocycles. The number of nitrogens with zero attached hydrogens (tertiary/aromatic N) is 2. The Labute approximate surface area is 186 Å². The van der Waals surface area contributed by atoms with E-state index in [-0.39, 0.29) is 24.5 Å². The van der Waals surface area contributed by atoms with Gasteiger partial charge in [-0.2, -0.15) is 0 Å². The number of carbonyl (C=O) groups is 2. The van der Waals surface area contributed by atoms with Gasteiger partial charge in [0, 0.05) is 43.7 Å². The predicted molar refractivity (Wildman–Crippen MR) is 114 cm³/mol. The molecule has 3 N–H and O–H groups in total. The zero-order valence-corrected chi connectivity index (χ0v) is 18.1. The molecule has 2 heterocycles. The number of rotatable bonds is 4. The van der Waals surface area contributed by atoms with E-state index in [1.807, 2.05) is 0 Å². The number of anilines is 2. The van der Waals surface area contributed by atoms with Crippen LogP contribution >= 0.6 is 0 Å². The minimum absolute atomic E-state index is 0.0184. The Morgan fingerprint density at radius 1 is 1.21 bits per heavy atom. The van der Waals surface area contributed by atoms with Crippen LogP contribution in [0.1, 0.15) is 36.2 Å². The third-order valence-electron chi connectivity index (χ3n) is 5.52. The minimum atomic E-state index is -3.06. The second-order valence-corrected chi connectivity index (χ2v) is 7.98. The molecule has 0 saturated carbocycles. The number of urea groups is 1. The summed E-state index contributed by atoms with van der Waals surface area (Å²) in [6.07, 6.45) is -3.95. The zero-order chi connectivity index (χ0) is 24.5. The van der Waals surface area contributed by atoms with Gasteiger partial charge in [0.2, 0.25) is 5.56 Å². The zero-order valence-electron chi connectivity index (χ0n) is 18.1. The molecule has 12 heteroatoms. The van der Waals surface area contributed by atoms with Gasteiger partial charge in [-0.25, -0.2) is 22.4 Å². The summed E-state index contributed by atoms with van der Waals surface area (Å²) in [5.41, 5.74) is -3.26. The standard InChI is InChI=1S/C21H23F4N5O3/c1-21(2)19(25)29(20(33)26-3)6-7-30(21)15-8-11(4-5-14(15)22)28-18(32)13-10-27-16(31)9-12(13)17(23)24/h4-5,8-10,17,19H,6-7H2,1-3H3,(H,26,33)(H,27,31)(H,28,32). The summed E-state index contributed by atoms with van der Waals surface area (Å²) >= 11 is 0. The lowest BCUT2D eigenvalue weighted by molar-refractivity contribution is 0.0305. The number of nitrogens with one attached hydrogen (secondary N) is 3. The molecule has 0 bridgehead atoms. The summed E-state index contributed by atoms with van der Waals surface area (Å²) in [6, 6.07) is 3.56. The molecule has 3 amide bonds. The molecule has 1 fully saturated rings. The van der Waals surface area contributed by atoms with Crippen molar-refractivity contribution in [1.29, 1.82) is 0 Å². The van der Waals surface area contributed by atoms with Crippen LogP contribution in [-0.2, 0) is 0 Å². The predicted octanol–water partition coefficient (Wildman–Crippen LogP) is 3.24. The molecule has 3 rings (SSSR count). The first-order valence-electron chi connectivity index (χ1n) is 9.99. The number of hydrogen-bond acceptors (Lipinski definition) is 4. The van der Waals surface area contributed by atoms with Gasteiger partial charge in [-0.15, -0.1) is 0 Å². The van der Waals surface area contributed by atoms with Crippen molar-refractivity contribution in [2.24, 2.45) is 0 Å². The Hall–Kier alpha value is -3.57. The first-order chi connectivity index (χ1) is 15.5. The number of pyridine rings is 1. The molecule has 33 heavy (non-hydrogen) atoms. The Morgan fingerprint density at radius 2 is 1.91 bits per heavy atom. The Balaban J connectivity index is 1.90. The maximum Gasteiger partial charge on any atom is 0.319 e. The van der Waals surface area contributed by atoms with Crippen molar-refractivity contribution in [2.45, 2.75) is 32.1 Å². The highest BCUT2D eigenvalue weighted by molar-refractivity contribution is 6.05. The van der Waals surface area contributed by atoms with Gasteiger partial charge in [-0.1, -0.05) is 0 Å². The van der Waals surface area contributed by atoms with Gasteiger partial charge in [0.05, 0.1) is 16.8 Å². The number of aromatic nitrogens is 1. The molecule has 178 valence electrons. The molecule has 1 atom stereocenters. The minimum Gasteiger partial charge on any atom is -0.357 e. The average Bonchev–Trinajstić information content (AvgIpc) is 2.76. The number of amides is 3. The van der Waals surface area contributed by atoms with E-state index in [1.165, 1.54) is 37.9 Å². The molecule has 8 nitrogen and oxygen atoms in total. The summed E-state index contributed by atoms with van der Waals surface area (Å²) in [4.78, 5) is 40.4. The lowest BCUT2D eigenvalue weighted by Crippen LogP contribution is -2.66. The van der Waals surface area contributed by atoms with E-state index in [9.17, 15) is 27.6 Å². The number of alkyl halides is 3. The van der Waals surface area contributed by atoms with Gasteiger partial charge in [0.15, 0.2) is 6.30 Å². The van der Waals surface area contributed by atoms with Crippen LogP contribution in [0.25, 0.3) is 0 Å². The van der Waals surface area contributed by atoms with Gasteiger partial charge in [-0.3, -0.25) is 14.5 Å². The maximum absolute atomic E-state index is 15.1. The van der Waals surface area contributed by atoms with Gasteiger partial charge in [0.1, 0.15) is 5.82 Å². The van der Waals surface area contributed by atoms with E-state index in [1.54, 1.807) is 0 Å². The van der Waals surface area contributed by atoms with Gasteiger partial charge in [0.25, 0.3) is 12.3 Å². The Kier molecular flexibility index (Phi) is 6.65. The van der Waals surface area contributed by atoms with Crippen LogP contribution in [0.5, 0.6) is 0 Å². The van der Waals surface area contributed by atoms with Crippen molar-refractivity contribution >= 4 is 23.3 Å². The largest absolute Gasteiger partial charge is 0.357 e. The van der Waals surface area contributed by atoms with Crippen molar-refractivity contribution in [2.75, 3.05) is 30.4 Å². The SMILES string of the molecule is CNC(=O)N1CCN(c2cc(NC(=O)c3c[nH]c(=O)cc3C(F)F)ccc2F)C(C)(C)C1F. The molecule has 1 unspecified atom stereocenters. The maximum atomic E-state index is 15.1. The highest BCUT2D eigenvalue weighted by atomic mass is 19.3. The quantitative estimate of drug-likeness (QED) is 0.473. The molecule has 2 aromatic rings. The number of aromatic amines is 1. The van der Waals surface area contributed by atoms with E-state index < -0.39 is 52.7 Å². The van der Waals surface area contributed by atoms with E-state index >= 15 is 4.39 Å². The molecular formula is C21H23F4N5O3. The highest BCUT2D eigenvalue weighted by Crippen LogP contribution is 2.36. The van der Waals surface area contributed by atoms with Gasteiger partial charge < -0.3 is 20.5 Å². The molecule has 0 spiro atoms. The van der Waals surface area contributed by atoms with E-state index in [0.717, 1.165) is 17.2 Å². The Bertz CT molecular complexity index is 1120. The van der Waals surface area contributed by atoms with Crippen molar-refractivity contribution in [3.63, 3.8) is 0 Å². The third-order valence-corrected chi connectivity index (χ3v) is 5.52. The van der Waals surface area contributed by atoms with Crippen LogP contribution in [0.15, 0.2) is 35.3 Å². The van der Waals surface area contributed by atoms with Crippen molar-refractivity contribution < 1.29 is 27.2 Å². The number of carbonyl (C=O) groups excluding carboxylic acids is 2. The monoisotopic (exact) mass is 469 g/mol. The summed E-state index contributed by atoms with van der Waals surface area (Å²) in [6.45, 7) is 3.10. The first kappa shape index (κ1) is 24.1. The highest BCUT2D eigenvalue weighted by Gasteiger charge is 2.46. The summed E-state index contributed by atoms with van der Waals surface area (Å²) in [5.74, 6) is -1.63. The summed E-state index contributed by atoms with van der Waals surface area (Å²) in [7, 11) is 1.38. The van der Waals surface area contributed by atoms with E-state index in [2.05, 4.69) is 15.6 Å². The molecule has 1 aliphatic heterocycles. The summed E-state index contributed by atoms with van der Waals surface area (Å²) in [5, 5.41) is 4.76. The van der Waals surface area contributed by atoms with E-state index in [0.29, 0.717) is 6.07 Å². The smallest absolute Gasteiger partial charge is 0.319 e. The van der Waals surface area contributed by atoms with Gasteiger partial charge >= 0.3 is 6.03 Å². The molecule has 1 aromatic carbocycles. The first-order valence-corrected chi connectivity index (χ1v) is 9.99. The topological polar surface area (TPSA) is 97.5 Å². The second kappa shape index (κ2) is 9.12. The Morgan fingerprint density at radius 3 is 2.55 bits per heavy atom. The fourth-order valence-electron chi connectivity index (χ4n) is 3.76. The fourth-order valence-corrected chi connectivity index (χ4v) is 3.76. The van der Waals surface area contributed by atoms with Crippen molar-refractivity contribution in [1.82, 2.24) is 15.2 Å². The van der Waals surface area contributed by atoms with Crippen molar-refractivity contribution in [3.8, 4) is 0 Å². The lowest BCUT2D eigenvalue weighted by atomic mass is 9.96. The molecule has 1 aromatic heterocycles.